The maximum Gasteiger partial charge on any atom is 0.271 e. The predicted octanol–water partition coefficient (Wildman–Crippen LogP) is 3.46. The van der Waals surface area contributed by atoms with Gasteiger partial charge in [0, 0.05) is 22.3 Å². The van der Waals surface area contributed by atoms with Gasteiger partial charge >= 0.3 is 0 Å². The normalized spacial score (nSPS) is 11.1. The lowest BCUT2D eigenvalue weighted by Gasteiger charge is -2.07. The molecule has 4 aromatic rings. The molecule has 8 heteroatoms. The first-order valence-electron chi connectivity index (χ1n) is 9.00. The van der Waals surface area contributed by atoms with E-state index in [0.29, 0.717) is 21.5 Å². The Balaban J connectivity index is 1.61. The van der Waals surface area contributed by atoms with Gasteiger partial charge in [0.2, 0.25) is 5.91 Å². The number of aryl methyl sites for hydroxylation is 2. The van der Waals surface area contributed by atoms with E-state index in [1.54, 1.807) is 24.3 Å². The Morgan fingerprint density at radius 2 is 1.90 bits per heavy atom. The third-order valence-electron chi connectivity index (χ3n) is 4.77. The summed E-state index contributed by atoms with van der Waals surface area (Å²) in [4.78, 5) is 46.3. The van der Waals surface area contributed by atoms with Gasteiger partial charge in [-0.2, -0.15) is 0 Å². The molecule has 7 nitrogen and oxygen atoms in total. The van der Waals surface area contributed by atoms with Gasteiger partial charge < -0.3 is 5.32 Å². The first-order valence-corrected chi connectivity index (χ1v) is 9.82. The van der Waals surface area contributed by atoms with Gasteiger partial charge in [-0.05, 0) is 56.7 Å². The van der Waals surface area contributed by atoms with Gasteiger partial charge in [0.15, 0.2) is 5.78 Å². The maximum atomic E-state index is 12.9. The lowest BCUT2D eigenvalue weighted by atomic mass is 10.1. The molecule has 0 atom stereocenters. The number of ketones is 1. The second-order valence-electron chi connectivity index (χ2n) is 6.88. The number of fused-ring (bicyclic) bond motifs is 3. The molecule has 0 unspecified atom stereocenters. The minimum Gasteiger partial charge on any atom is -0.325 e. The number of carbonyl (C=O) groups is 2. The summed E-state index contributed by atoms with van der Waals surface area (Å²) < 4.78 is 1.77. The van der Waals surface area contributed by atoms with Crippen LogP contribution in [-0.4, -0.2) is 26.2 Å². The number of Topliss-reactive ketones (excluding diaryl/α,β-unsaturated/α-hetero) is 1. The Bertz CT molecular complexity index is 1340. The molecule has 1 N–H and O–H groups in total. The highest BCUT2D eigenvalue weighted by atomic mass is 32.1. The Morgan fingerprint density at radius 1 is 1.17 bits per heavy atom. The van der Waals surface area contributed by atoms with E-state index in [9.17, 15) is 14.4 Å². The predicted molar refractivity (Wildman–Crippen MR) is 114 cm³/mol. The van der Waals surface area contributed by atoms with Crippen molar-refractivity contribution in [1.29, 1.82) is 0 Å². The molecule has 0 bridgehead atoms. The zero-order valence-electron chi connectivity index (χ0n) is 16.1. The second-order valence-corrected chi connectivity index (χ2v) is 7.88. The van der Waals surface area contributed by atoms with E-state index < -0.39 is 0 Å². The Hall–Kier alpha value is -3.39. The van der Waals surface area contributed by atoms with Gasteiger partial charge in [0.25, 0.3) is 5.56 Å². The van der Waals surface area contributed by atoms with Crippen LogP contribution in [0.3, 0.4) is 0 Å². The number of pyridine rings is 1. The van der Waals surface area contributed by atoms with Crippen molar-refractivity contribution in [3.05, 3.63) is 63.8 Å². The van der Waals surface area contributed by atoms with Crippen LogP contribution < -0.4 is 10.9 Å². The average Bonchev–Trinajstić information content (AvgIpc) is 3.03. The summed E-state index contributed by atoms with van der Waals surface area (Å²) in [5, 5.41) is 3.58. The maximum absolute atomic E-state index is 12.9. The fraction of sp³-hybridized carbons (Fsp3) is 0.190. The summed E-state index contributed by atoms with van der Waals surface area (Å²) >= 11 is 1.29. The van der Waals surface area contributed by atoms with Gasteiger partial charge in [-0.1, -0.05) is 0 Å². The fourth-order valence-electron chi connectivity index (χ4n) is 3.04. The van der Waals surface area contributed by atoms with Crippen molar-refractivity contribution >= 4 is 49.1 Å². The van der Waals surface area contributed by atoms with E-state index in [1.807, 2.05) is 19.9 Å². The summed E-state index contributed by atoms with van der Waals surface area (Å²) in [5.41, 5.74) is 3.42. The number of nitrogens with zero attached hydrogens (tertiary/aromatic N) is 3. The van der Waals surface area contributed by atoms with Gasteiger partial charge in [0.05, 0.1) is 11.8 Å². The third kappa shape index (κ3) is 3.54. The van der Waals surface area contributed by atoms with Crippen LogP contribution in [0, 0.1) is 13.8 Å². The van der Waals surface area contributed by atoms with Crippen LogP contribution in [-0.2, 0) is 11.3 Å². The Morgan fingerprint density at radius 3 is 2.59 bits per heavy atom. The molecule has 1 amide bonds. The number of thiophene rings is 1. The molecule has 0 radical (unpaired) electrons. The van der Waals surface area contributed by atoms with Crippen molar-refractivity contribution in [2.75, 3.05) is 5.32 Å². The number of hydrogen-bond acceptors (Lipinski definition) is 6. The molecule has 0 aliphatic rings. The van der Waals surface area contributed by atoms with Crippen LogP contribution >= 0.6 is 11.3 Å². The topological polar surface area (TPSA) is 93.9 Å². The monoisotopic (exact) mass is 406 g/mol. The highest BCUT2D eigenvalue weighted by molar-refractivity contribution is 7.25. The molecule has 3 aromatic heterocycles. The lowest BCUT2D eigenvalue weighted by molar-refractivity contribution is -0.116. The molecular weight excluding hydrogens is 388 g/mol. The van der Waals surface area contributed by atoms with Crippen molar-refractivity contribution < 1.29 is 9.59 Å². The van der Waals surface area contributed by atoms with Crippen LogP contribution in [0.2, 0.25) is 0 Å². The molecule has 29 heavy (non-hydrogen) atoms. The SMILES string of the molecule is CC(=O)c1ccc(NC(=O)Cn2cnc3c(sc4nc(C)c(C)cc43)c2=O)cc1. The van der Waals surface area contributed by atoms with E-state index >= 15 is 0 Å². The van der Waals surface area contributed by atoms with Crippen LogP contribution in [0.5, 0.6) is 0 Å². The molecule has 0 saturated heterocycles. The molecule has 3 heterocycles. The van der Waals surface area contributed by atoms with Crippen molar-refractivity contribution in [3.8, 4) is 0 Å². The molecule has 146 valence electrons. The van der Waals surface area contributed by atoms with Crippen molar-refractivity contribution in [2.45, 2.75) is 27.3 Å². The third-order valence-corrected chi connectivity index (χ3v) is 5.85. The van der Waals surface area contributed by atoms with Crippen molar-refractivity contribution in [2.24, 2.45) is 0 Å². The van der Waals surface area contributed by atoms with Crippen LogP contribution in [0.25, 0.3) is 20.4 Å². The summed E-state index contributed by atoms with van der Waals surface area (Å²) in [7, 11) is 0. The highest BCUT2D eigenvalue weighted by Gasteiger charge is 2.15. The summed E-state index contributed by atoms with van der Waals surface area (Å²) in [6.07, 6.45) is 1.39. The van der Waals surface area contributed by atoms with Crippen molar-refractivity contribution in [3.63, 3.8) is 0 Å². The number of amides is 1. The van der Waals surface area contributed by atoms with E-state index in [0.717, 1.165) is 21.5 Å². The zero-order valence-corrected chi connectivity index (χ0v) is 17.0. The zero-order chi connectivity index (χ0) is 20.7. The van der Waals surface area contributed by atoms with Crippen LogP contribution in [0.1, 0.15) is 28.5 Å². The first kappa shape index (κ1) is 18.9. The lowest BCUT2D eigenvalue weighted by Crippen LogP contribution is -2.27. The van der Waals surface area contributed by atoms with E-state index in [-0.39, 0.29) is 23.8 Å². The van der Waals surface area contributed by atoms with Gasteiger partial charge in [-0.25, -0.2) is 9.97 Å². The smallest absolute Gasteiger partial charge is 0.271 e. The number of rotatable bonds is 4. The molecular formula is C21H18N4O3S. The number of nitrogens with one attached hydrogen (secondary N) is 1. The Labute approximate surface area is 170 Å². The van der Waals surface area contributed by atoms with E-state index in [1.165, 1.54) is 29.2 Å². The van der Waals surface area contributed by atoms with E-state index in [2.05, 4.69) is 15.3 Å². The standard InChI is InChI=1S/C21H18N4O3S/c1-11-8-16-18-19(29-20(16)23-12(11)2)21(28)25(10-22-18)9-17(27)24-15-6-4-14(5-7-15)13(3)26/h4-8,10H,9H2,1-3H3,(H,24,27). The number of hydrogen-bond donors (Lipinski definition) is 1. The summed E-state index contributed by atoms with van der Waals surface area (Å²) in [5.74, 6) is -0.397. The number of carbonyl (C=O) groups excluding carboxylic acids is 2. The molecule has 4 rings (SSSR count). The van der Waals surface area contributed by atoms with Gasteiger partial charge in [-0.3, -0.25) is 19.0 Å². The molecule has 0 aliphatic heterocycles. The number of anilines is 1. The minimum atomic E-state index is -0.352. The summed E-state index contributed by atoms with van der Waals surface area (Å²) in [6.45, 7) is 5.23. The largest absolute Gasteiger partial charge is 0.325 e. The average molecular weight is 406 g/mol. The van der Waals surface area contributed by atoms with Gasteiger partial charge in [-0.15, -0.1) is 11.3 Å². The number of benzene rings is 1. The molecule has 0 saturated carbocycles. The molecule has 0 aliphatic carbocycles. The number of aromatic nitrogens is 3. The fourth-order valence-corrected chi connectivity index (χ4v) is 4.14. The first-order chi connectivity index (χ1) is 13.8. The summed E-state index contributed by atoms with van der Waals surface area (Å²) in [6, 6.07) is 8.59. The van der Waals surface area contributed by atoms with Crippen LogP contribution in [0.15, 0.2) is 41.5 Å². The van der Waals surface area contributed by atoms with E-state index in [4.69, 9.17) is 0 Å². The van der Waals surface area contributed by atoms with Crippen molar-refractivity contribution in [1.82, 2.24) is 14.5 Å². The van der Waals surface area contributed by atoms with Crippen LogP contribution in [0.4, 0.5) is 5.69 Å². The highest BCUT2D eigenvalue weighted by Crippen LogP contribution is 2.30. The minimum absolute atomic E-state index is 0.0444. The molecule has 0 fully saturated rings. The van der Waals surface area contributed by atoms with Gasteiger partial charge in [0.1, 0.15) is 16.1 Å². The Kier molecular flexibility index (Phi) is 4.71. The second kappa shape index (κ2) is 7.21. The molecule has 0 spiro atoms. The quantitative estimate of drug-likeness (QED) is 0.524. The molecule has 1 aromatic carbocycles.